The number of hydrogen-bond donors (Lipinski definition) is 1. The lowest BCUT2D eigenvalue weighted by molar-refractivity contribution is -0.129. The molecule has 168 valence electrons. The molecule has 0 spiro atoms. The van der Waals surface area contributed by atoms with Crippen LogP contribution in [0.25, 0.3) is 11.1 Å². The second kappa shape index (κ2) is 9.79. The standard InChI is InChI=1S/C24H28N4O4/c1-15-12-28(16(2)14-29)24(31)21-9-20(19-7-5-18(10-25)6-8-19)11-26-23(21)32-22(15)13-27(4)17(3)30/h5-9,11,15-16,22,29H,12-14H2,1-4H3/t15-,16-,22-/m0/s1. The van der Waals surface area contributed by atoms with Crippen LogP contribution >= 0.6 is 0 Å². The lowest BCUT2D eigenvalue weighted by Gasteiger charge is -2.37. The highest BCUT2D eigenvalue weighted by atomic mass is 16.5. The maximum absolute atomic E-state index is 13.4. The predicted molar refractivity (Wildman–Crippen MR) is 119 cm³/mol. The average molecular weight is 437 g/mol. The number of fused-ring (bicyclic) bond motifs is 1. The van der Waals surface area contributed by atoms with Gasteiger partial charge in [-0.05, 0) is 30.7 Å². The number of aliphatic hydroxyl groups is 1. The fraction of sp³-hybridized carbons (Fsp3) is 0.417. The van der Waals surface area contributed by atoms with E-state index in [0.29, 0.717) is 29.8 Å². The smallest absolute Gasteiger partial charge is 0.259 e. The first-order chi connectivity index (χ1) is 15.2. The maximum Gasteiger partial charge on any atom is 0.259 e. The summed E-state index contributed by atoms with van der Waals surface area (Å²) < 4.78 is 6.17. The number of nitrogens with zero attached hydrogens (tertiary/aromatic N) is 4. The highest BCUT2D eigenvalue weighted by Gasteiger charge is 2.34. The summed E-state index contributed by atoms with van der Waals surface area (Å²) in [5.41, 5.74) is 2.38. The monoisotopic (exact) mass is 436 g/mol. The van der Waals surface area contributed by atoms with Gasteiger partial charge in [0.05, 0.1) is 30.8 Å². The molecule has 2 aromatic rings. The highest BCUT2D eigenvalue weighted by molar-refractivity contribution is 5.98. The van der Waals surface area contributed by atoms with Gasteiger partial charge in [0.25, 0.3) is 5.91 Å². The molecule has 1 aliphatic rings. The molecule has 0 saturated heterocycles. The molecular formula is C24H28N4O4. The van der Waals surface area contributed by atoms with Gasteiger partial charge in [-0.15, -0.1) is 0 Å². The number of carbonyl (C=O) groups excluding carboxylic acids is 2. The Balaban J connectivity index is 2.05. The zero-order valence-corrected chi connectivity index (χ0v) is 18.8. The first-order valence-corrected chi connectivity index (χ1v) is 10.6. The van der Waals surface area contributed by atoms with E-state index in [0.717, 1.165) is 5.56 Å². The molecule has 3 atom stereocenters. The van der Waals surface area contributed by atoms with Crippen LogP contribution in [0.4, 0.5) is 0 Å². The minimum Gasteiger partial charge on any atom is -0.472 e. The Morgan fingerprint density at radius 3 is 2.66 bits per heavy atom. The van der Waals surface area contributed by atoms with Crippen LogP contribution in [0, 0.1) is 17.2 Å². The van der Waals surface area contributed by atoms with E-state index >= 15 is 0 Å². The third-order valence-corrected chi connectivity index (χ3v) is 5.86. The van der Waals surface area contributed by atoms with Gasteiger partial charge in [0.15, 0.2) is 0 Å². The van der Waals surface area contributed by atoms with Crippen molar-refractivity contribution >= 4 is 11.8 Å². The number of amides is 2. The normalized spacial score (nSPS) is 19.1. The van der Waals surface area contributed by atoms with Crippen molar-refractivity contribution in [2.24, 2.45) is 5.92 Å². The largest absolute Gasteiger partial charge is 0.472 e. The zero-order chi connectivity index (χ0) is 23.4. The molecule has 0 unspecified atom stereocenters. The van der Waals surface area contributed by atoms with Crippen molar-refractivity contribution in [1.29, 1.82) is 5.26 Å². The first kappa shape index (κ1) is 23.2. The summed E-state index contributed by atoms with van der Waals surface area (Å²) in [5.74, 6) is -0.238. The highest BCUT2D eigenvalue weighted by Crippen LogP contribution is 2.30. The zero-order valence-electron chi connectivity index (χ0n) is 18.8. The van der Waals surface area contributed by atoms with E-state index in [1.54, 1.807) is 60.3 Å². The minimum atomic E-state index is -0.388. The van der Waals surface area contributed by atoms with Crippen molar-refractivity contribution in [3.05, 3.63) is 47.7 Å². The van der Waals surface area contributed by atoms with Gasteiger partial charge in [-0.1, -0.05) is 19.1 Å². The van der Waals surface area contributed by atoms with Gasteiger partial charge in [0.2, 0.25) is 11.8 Å². The molecular weight excluding hydrogens is 408 g/mol. The number of likely N-dealkylation sites (N-methyl/N-ethyl adjacent to an activating group) is 1. The molecule has 1 aliphatic heterocycles. The fourth-order valence-corrected chi connectivity index (χ4v) is 3.61. The number of nitriles is 1. The van der Waals surface area contributed by atoms with E-state index in [2.05, 4.69) is 11.1 Å². The number of ether oxygens (including phenoxy) is 1. The van der Waals surface area contributed by atoms with Crippen molar-refractivity contribution in [2.45, 2.75) is 32.9 Å². The van der Waals surface area contributed by atoms with Crippen LogP contribution in [-0.4, -0.2) is 70.6 Å². The van der Waals surface area contributed by atoms with Crippen LogP contribution < -0.4 is 4.74 Å². The Bertz CT molecular complexity index is 1030. The summed E-state index contributed by atoms with van der Waals surface area (Å²) in [6.45, 7) is 5.80. The molecule has 1 N–H and O–H groups in total. The summed E-state index contributed by atoms with van der Waals surface area (Å²) >= 11 is 0. The fourth-order valence-electron chi connectivity index (χ4n) is 3.61. The molecule has 1 aromatic carbocycles. The number of aromatic nitrogens is 1. The van der Waals surface area contributed by atoms with E-state index in [9.17, 15) is 14.7 Å². The van der Waals surface area contributed by atoms with Crippen LogP contribution in [-0.2, 0) is 4.79 Å². The molecule has 2 heterocycles. The molecule has 32 heavy (non-hydrogen) atoms. The van der Waals surface area contributed by atoms with Crippen molar-refractivity contribution in [3.63, 3.8) is 0 Å². The molecule has 0 radical (unpaired) electrons. The van der Waals surface area contributed by atoms with Crippen LogP contribution in [0.1, 0.15) is 36.7 Å². The van der Waals surface area contributed by atoms with Gasteiger partial charge in [-0.2, -0.15) is 5.26 Å². The summed E-state index contributed by atoms with van der Waals surface area (Å²) in [6.07, 6.45) is 1.25. The van der Waals surface area contributed by atoms with Crippen molar-refractivity contribution in [3.8, 4) is 23.1 Å². The Hall–Kier alpha value is -3.44. The summed E-state index contributed by atoms with van der Waals surface area (Å²) in [4.78, 5) is 32.9. The molecule has 8 nitrogen and oxygen atoms in total. The summed E-state index contributed by atoms with van der Waals surface area (Å²) in [7, 11) is 1.71. The van der Waals surface area contributed by atoms with E-state index < -0.39 is 0 Å². The number of carbonyl (C=O) groups is 2. The number of hydrogen-bond acceptors (Lipinski definition) is 6. The van der Waals surface area contributed by atoms with Crippen molar-refractivity contribution in [1.82, 2.24) is 14.8 Å². The lowest BCUT2D eigenvalue weighted by atomic mass is 9.99. The number of pyridine rings is 1. The molecule has 3 rings (SSSR count). The third-order valence-electron chi connectivity index (χ3n) is 5.86. The Labute approximate surface area is 188 Å². The predicted octanol–water partition coefficient (Wildman–Crippen LogP) is 2.32. The summed E-state index contributed by atoms with van der Waals surface area (Å²) in [5, 5.41) is 18.8. The van der Waals surface area contributed by atoms with Crippen LogP contribution in [0.3, 0.4) is 0 Å². The molecule has 0 aliphatic carbocycles. The third kappa shape index (κ3) is 4.89. The first-order valence-electron chi connectivity index (χ1n) is 10.6. The van der Waals surface area contributed by atoms with Gasteiger partial charge in [0.1, 0.15) is 11.7 Å². The SMILES string of the molecule is CC(=O)N(C)C[C@@H]1Oc2ncc(-c3ccc(C#N)cc3)cc2C(=O)N([C@@H](C)CO)C[C@@H]1C. The van der Waals surface area contributed by atoms with E-state index in [4.69, 9.17) is 10.00 Å². The molecule has 2 amide bonds. The van der Waals surface area contributed by atoms with E-state index in [1.807, 2.05) is 6.92 Å². The van der Waals surface area contributed by atoms with Gasteiger partial charge >= 0.3 is 0 Å². The van der Waals surface area contributed by atoms with Gasteiger partial charge in [0, 0.05) is 38.2 Å². The van der Waals surface area contributed by atoms with E-state index in [1.165, 1.54) is 6.92 Å². The number of aliphatic hydroxyl groups excluding tert-OH is 1. The second-order valence-electron chi connectivity index (χ2n) is 8.29. The van der Waals surface area contributed by atoms with Crippen molar-refractivity contribution < 1.29 is 19.4 Å². The van der Waals surface area contributed by atoms with Crippen LogP contribution in [0.15, 0.2) is 36.5 Å². The molecule has 0 fully saturated rings. The van der Waals surface area contributed by atoms with Crippen LogP contribution in [0.5, 0.6) is 5.88 Å². The number of benzene rings is 1. The van der Waals surface area contributed by atoms with Crippen molar-refractivity contribution in [2.75, 3.05) is 26.7 Å². The molecule has 1 aromatic heterocycles. The van der Waals surface area contributed by atoms with Gasteiger partial charge in [-0.25, -0.2) is 4.98 Å². The average Bonchev–Trinajstić information content (AvgIpc) is 2.80. The van der Waals surface area contributed by atoms with Gasteiger partial charge < -0.3 is 19.6 Å². The topological polar surface area (TPSA) is 107 Å². The number of rotatable bonds is 5. The lowest BCUT2D eigenvalue weighted by Crippen LogP contribution is -2.50. The second-order valence-corrected chi connectivity index (χ2v) is 8.29. The van der Waals surface area contributed by atoms with Gasteiger partial charge in [-0.3, -0.25) is 9.59 Å². The Morgan fingerprint density at radius 2 is 2.06 bits per heavy atom. The minimum absolute atomic E-state index is 0.0798. The Morgan fingerprint density at radius 1 is 1.38 bits per heavy atom. The molecule has 8 heteroatoms. The molecule has 0 bridgehead atoms. The summed E-state index contributed by atoms with van der Waals surface area (Å²) in [6, 6.07) is 10.4. The van der Waals surface area contributed by atoms with E-state index in [-0.39, 0.29) is 42.4 Å². The molecule has 0 saturated carbocycles. The van der Waals surface area contributed by atoms with Crippen LogP contribution in [0.2, 0.25) is 0 Å². The Kier molecular flexibility index (Phi) is 7.11. The maximum atomic E-state index is 13.4. The quantitative estimate of drug-likeness (QED) is 0.771.